The number of carbonyl (C=O) groups is 2. The van der Waals surface area contributed by atoms with Gasteiger partial charge in [-0.3, -0.25) is 9.59 Å². The molecule has 1 aromatic carbocycles. The van der Waals surface area contributed by atoms with Gasteiger partial charge in [0.1, 0.15) is 0 Å². The molecule has 0 saturated heterocycles. The van der Waals surface area contributed by atoms with Crippen molar-refractivity contribution in [3.63, 3.8) is 0 Å². The van der Waals surface area contributed by atoms with Crippen LogP contribution in [0.15, 0.2) is 35.9 Å². The highest BCUT2D eigenvalue weighted by Gasteiger charge is 2.31. The van der Waals surface area contributed by atoms with Gasteiger partial charge in [0.2, 0.25) is 0 Å². The first-order chi connectivity index (χ1) is 8.27. The molecule has 0 aromatic heterocycles. The number of carbonyl (C=O) groups excluding carboxylic acids is 2. The molecule has 0 amide bonds. The van der Waals surface area contributed by atoms with Crippen LogP contribution in [0.2, 0.25) is 0 Å². The van der Waals surface area contributed by atoms with Gasteiger partial charge >= 0.3 is 0 Å². The Morgan fingerprint density at radius 3 is 2.29 bits per heavy atom. The summed E-state index contributed by atoms with van der Waals surface area (Å²) in [4.78, 5) is 24.3. The molecule has 17 heavy (non-hydrogen) atoms. The number of ketones is 2. The highest BCUT2D eigenvalue weighted by molar-refractivity contribution is 6.24. The molecule has 3 rings (SSSR count). The molecular formula is C15H14O2. The number of fused-ring (bicyclic) bond motifs is 1. The van der Waals surface area contributed by atoms with E-state index in [2.05, 4.69) is 0 Å². The van der Waals surface area contributed by atoms with Crippen LogP contribution < -0.4 is 0 Å². The minimum Gasteiger partial charge on any atom is -0.289 e. The van der Waals surface area contributed by atoms with E-state index in [4.69, 9.17) is 0 Å². The molecule has 1 saturated carbocycles. The fourth-order valence-electron chi connectivity index (χ4n) is 2.88. The van der Waals surface area contributed by atoms with Crippen LogP contribution in [0, 0.1) is 5.92 Å². The van der Waals surface area contributed by atoms with Gasteiger partial charge in [0.25, 0.3) is 0 Å². The number of hydrogen-bond donors (Lipinski definition) is 0. The lowest BCUT2D eigenvalue weighted by molar-refractivity contribution is 0.0975. The molecular weight excluding hydrogens is 212 g/mol. The van der Waals surface area contributed by atoms with E-state index >= 15 is 0 Å². The van der Waals surface area contributed by atoms with E-state index in [9.17, 15) is 9.59 Å². The van der Waals surface area contributed by atoms with Crippen molar-refractivity contribution in [2.24, 2.45) is 5.92 Å². The summed E-state index contributed by atoms with van der Waals surface area (Å²) in [5.41, 5.74) is 1.88. The fourth-order valence-corrected chi connectivity index (χ4v) is 2.88. The molecule has 0 bridgehead atoms. The van der Waals surface area contributed by atoms with Gasteiger partial charge in [0.15, 0.2) is 11.6 Å². The number of allylic oxidation sites excluding steroid dienone is 2. The Bertz CT molecular complexity index is 519. The van der Waals surface area contributed by atoms with Crippen LogP contribution in [0.3, 0.4) is 0 Å². The van der Waals surface area contributed by atoms with E-state index in [0.717, 1.165) is 18.4 Å². The molecule has 2 aliphatic carbocycles. The normalized spacial score (nSPS) is 20.4. The van der Waals surface area contributed by atoms with Gasteiger partial charge in [0, 0.05) is 16.7 Å². The van der Waals surface area contributed by atoms with Gasteiger partial charge in [0.05, 0.1) is 0 Å². The first-order valence-electron chi connectivity index (χ1n) is 6.17. The number of rotatable bonds is 1. The SMILES string of the molecule is O=C1C=C(C2CCCC2)C(=O)c2ccccc21. The molecule has 2 aliphatic rings. The van der Waals surface area contributed by atoms with Gasteiger partial charge in [-0.15, -0.1) is 0 Å². The third-order valence-corrected chi connectivity index (χ3v) is 3.78. The van der Waals surface area contributed by atoms with E-state index in [1.54, 1.807) is 24.3 Å². The van der Waals surface area contributed by atoms with Crippen molar-refractivity contribution in [2.75, 3.05) is 0 Å². The predicted molar refractivity (Wildman–Crippen MR) is 65.1 cm³/mol. The van der Waals surface area contributed by atoms with Crippen molar-refractivity contribution < 1.29 is 9.59 Å². The lowest BCUT2D eigenvalue weighted by Gasteiger charge is -2.19. The fraction of sp³-hybridized carbons (Fsp3) is 0.333. The van der Waals surface area contributed by atoms with E-state index in [0.29, 0.717) is 17.0 Å². The third kappa shape index (κ3) is 1.64. The molecule has 86 valence electrons. The molecule has 2 nitrogen and oxygen atoms in total. The molecule has 0 aliphatic heterocycles. The molecule has 1 fully saturated rings. The summed E-state index contributed by atoms with van der Waals surface area (Å²) in [5, 5.41) is 0. The average Bonchev–Trinajstić information content (AvgIpc) is 2.87. The molecule has 0 atom stereocenters. The zero-order valence-electron chi connectivity index (χ0n) is 9.61. The quantitative estimate of drug-likeness (QED) is 0.737. The Kier molecular flexibility index (Phi) is 2.43. The summed E-state index contributed by atoms with van der Waals surface area (Å²) < 4.78 is 0. The monoisotopic (exact) mass is 226 g/mol. The van der Waals surface area contributed by atoms with E-state index < -0.39 is 0 Å². The van der Waals surface area contributed by atoms with Crippen LogP contribution in [0.25, 0.3) is 0 Å². The zero-order chi connectivity index (χ0) is 11.8. The van der Waals surface area contributed by atoms with Gasteiger partial charge in [-0.05, 0) is 24.8 Å². The molecule has 0 N–H and O–H groups in total. The molecule has 0 spiro atoms. The second kappa shape index (κ2) is 3.95. The van der Waals surface area contributed by atoms with E-state index in [1.807, 2.05) is 6.07 Å². The topological polar surface area (TPSA) is 34.1 Å². The Morgan fingerprint density at radius 2 is 1.59 bits per heavy atom. The molecule has 2 heteroatoms. The number of hydrogen-bond acceptors (Lipinski definition) is 2. The van der Waals surface area contributed by atoms with Crippen LogP contribution >= 0.6 is 0 Å². The van der Waals surface area contributed by atoms with Crippen molar-refractivity contribution in [2.45, 2.75) is 25.7 Å². The van der Waals surface area contributed by atoms with Crippen LogP contribution in [-0.4, -0.2) is 11.6 Å². The maximum atomic E-state index is 12.3. The molecule has 0 radical (unpaired) electrons. The maximum Gasteiger partial charge on any atom is 0.190 e. The van der Waals surface area contributed by atoms with Gasteiger partial charge in [-0.1, -0.05) is 37.1 Å². The second-order valence-corrected chi connectivity index (χ2v) is 4.82. The Hall–Kier alpha value is -1.70. The summed E-state index contributed by atoms with van der Waals surface area (Å²) in [6.45, 7) is 0. The number of benzene rings is 1. The Morgan fingerprint density at radius 1 is 0.941 bits per heavy atom. The van der Waals surface area contributed by atoms with Gasteiger partial charge in [-0.25, -0.2) is 0 Å². The van der Waals surface area contributed by atoms with Crippen LogP contribution in [-0.2, 0) is 0 Å². The minimum atomic E-state index is -0.0119. The first-order valence-corrected chi connectivity index (χ1v) is 6.17. The summed E-state index contributed by atoms with van der Waals surface area (Å²) in [5.74, 6) is 0.356. The molecule has 1 aromatic rings. The van der Waals surface area contributed by atoms with Crippen LogP contribution in [0.4, 0.5) is 0 Å². The highest BCUT2D eigenvalue weighted by Crippen LogP contribution is 2.35. The third-order valence-electron chi connectivity index (χ3n) is 3.78. The van der Waals surface area contributed by atoms with E-state index in [1.165, 1.54) is 12.8 Å². The molecule has 0 heterocycles. The Labute approximate surface area is 100 Å². The minimum absolute atomic E-state index is 0.0119. The first kappa shape index (κ1) is 10.5. The van der Waals surface area contributed by atoms with Crippen molar-refractivity contribution in [3.05, 3.63) is 47.0 Å². The van der Waals surface area contributed by atoms with Gasteiger partial charge in [-0.2, -0.15) is 0 Å². The van der Waals surface area contributed by atoms with Crippen molar-refractivity contribution >= 4 is 11.6 Å². The lowest BCUT2D eigenvalue weighted by atomic mass is 9.83. The number of Topliss-reactive ketones (excluding diaryl/α,β-unsaturated/α-hetero) is 1. The standard InChI is InChI=1S/C15H14O2/c16-14-9-13(10-5-1-2-6-10)15(17)12-8-4-3-7-11(12)14/h3-4,7-10H,1-2,5-6H2. The molecule has 0 unspecified atom stereocenters. The van der Waals surface area contributed by atoms with Crippen LogP contribution in [0.1, 0.15) is 46.4 Å². The van der Waals surface area contributed by atoms with Crippen molar-refractivity contribution in [1.29, 1.82) is 0 Å². The lowest BCUT2D eigenvalue weighted by Crippen LogP contribution is -2.20. The van der Waals surface area contributed by atoms with Crippen molar-refractivity contribution in [3.8, 4) is 0 Å². The van der Waals surface area contributed by atoms with E-state index in [-0.39, 0.29) is 11.6 Å². The van der Waals surface area contributed by atoms with Crippen LogP contribution in [0.5, 0.6) is 0 Å². The summed E-state index contributed by atoms with van der Waals surface area (Å²) in [6, 6.07) is 7.12. The summed E-state index contributed by atoms with van der Waals surface area (Å²) >= 11 is 0. The highest BCUT2D eigenvalue weighted by atomic mass is 16.1. The van der Waals surface area contributed by atoms with Gasteiger partial charge < -0.3 is 0 Å². The average molecular weight is 226 g/mol. The smallest absolute Gasteiger partial charge is 0.190 e. The summed E-state index contributed by atoms with van der Waals surface area (Å²) in [6.07, 6.45) is 6.01. The largest absolute Gasteiger partial charge is 0.289 e. The summed E-state index contributed by atoms with van der Waals surface area (Å²) in [7, 11) is 0. The Balaban J connectivity index is 2.04. The van der Waals surface area contributed by atoms with Crippen molar-refractivity contribution in [1.82, 2.24) is 0 Å². The predicted octanol–water partition coefficient (Wildman–Crippen LogP) is 3.18. The maximum absolute atomic E-state index is 12.3. The second-order valence-electron chi connectivity index (χ2n) is 4.82. The zero-order valence-corrected chi connectivity index (χ0v) is 9.61.